The fraction of sp³-hybridized carbons (Fsp3) is 0.400. The molecule has 0 aliphatic carbocycles. The molecule has 0 fully saturated rings. The molecule has 0 aliphatic heterocycles. The highest BCUT2D eigenvalue weighted by Crippen LogP contribution is 2.22. The monoisotopic (exact) mass is 193 g/mol. The molecule has 0 saturated carbocycles. The van der Waals surface area contributed by atoms with Crippen LogP contribution in [-0.2, 0) is 5.41 Å². The van der Waals surface area contributed by atoms with Gasteiger partial charge in [0.1, 0.15) is 0 Å². The SMILES string of the molecule is CC(C)(C)c1ccc(N)c(C(N)=O)n1. The first-order valence-electron chi connectivity index (χ1n) is 4.39. The Kier molecular flexibility index (Phi) is 2.47. The zero-order valence-electron chi connectivity index (χ0n) is 8.66. The van der Waals surface area contributed by atoms with Gasteiger partial charge >= 0.3 is 0 Å². The summed E-state index contributed by atoms with van der Waals surface area (Å²) in [7, 11) is 0. The van der Waals surface area contributed by atoms with Crippen molar-refractivity contribution < 1.29 is 4.79 Å². The molecule has 0 spiro atoms. The highest BCUT2D eigenvalue weighted by molar-refractivity contribution is 5.95. The molecule has 1 aromatic heterocycles. The van der Waals surface area contributed by atoms with Gasteiger partial charge < -0.3 is 11.5 Å². The van der Waals surface area contributed by atoms with Crippen molar-refractivity contribution in [3.8, 4) is 0 Å². The standard InChI is InChI=1S/C10H15N3O/c1-10(2,3)7-5-4-6(11)8(13-7)9(12)14/h4-5H,11H2,1-3H3,(H2,12,14). The van der Waals surface area contributed by atoms with E-state index >= 15 is 0 Å². The Bertz CT molecular complexity index is 366. The summed E-state index contributed by atoms with van der Waals surface area (Å²) in [5, 5.41) is 0. The van der Waals surface area contributed by atoms with Gasteiger partial charge in [0.25, 0.3) is 5.91 Å². The van der Waals surface area contributed by atoms with Crippen LogP contribution < -0.4 is 11.5 Å². The van der Waals surface area contributed by atoms with Crippen LogP contribution in [0.1, 0.15) is 37.0 Å². The summed E-state index contributed by atoms with van der Waals surface area (Å²) in [6.45, 7) is 6.03. The minimum absolute atomic E-state index is 0.113. The molecule has 1 heterocycles. The Morgan fingerprint density at radius 3 is 2.36 bits per heavy atom. The summed E-state index contributed by atoms with van der Waals surface area (Å²) in [6, 6.07) is 3.47. The summed E-state index contributed by atoms with van der Waals surface area (Å²) in [5.41, 5.74) is 11.9. The van der Waals surface area contributed by atoms with Gasteiger partial charge in [-0.15, -0.1) is 0 Å². The van der Waals surface area contributed by atoms with Gasteiger partial charge in [0, 0.05) is 11.1 Å². The van der Waals surface area contributed by atoms with E-state index < -0.39 is 5.91 Å². The second-order valence-electron chi connectivity index (χ2n) is 4.25. The molecule has 0 radical (unpaired) electrons. The van der Waals surface area contributed by atoms with E-state index in [1.165, 1.54) is 0 Å². The number of rotatable bonds is 1. The number of aromatic nitrogens is 1. The Labute approximate surface area is 83.3 Å². The van der Waals surface area contributed by atoms with E-state index in [9.17, 15) is 4.79 Å². The summed E-state index contributed by atoms with van der Waals surface area (Å²) in [5.74, 6) is -0.589. The summed E-state index contributed by atoms with van der Waals surface area (Å²) in [4.78, 5) is 15.1. The fourth-order valence-corrected chi connectivity index (χ4v) is 1.08. The number of nitrogens with zero attached hydrogens (tertiary/aromatic N) is 1. The van der Waals surface area contributed by atoms with Crippen LogP contribution in [0, 0.1) is 0 Å². The number of anilines is 1. The van der Waals surface area contributed by atoms with E-state index in [1.807, 2.05) is 26.8 Å². The zero-order valence-corrected chi connectivity index (χ0v) is 8.66. The van der Waals surface area contributed by atoms with Crippen LogP contribution in [0.4, 0.5) is 5.69 Å². The number of hydrogen-bond acceptors (Lipinski definition) is 3. The number of carbonyl (C=O) groups excluding carboxylic acids is 1. The van der Waals surface area contributed by atoms with Gasteiger partial charge in [-0.3, -0.25) is 4.79 Å². The van der Waals surface area contributed by atoms with Crippen LogP contribution in [0.5, 0.6) is 0 Å². The van der Waals surface area contributed by atoms with E-state index in [2.05, 4.69) is 4.98 Å². The van der Waals surface area contributed by atoms with Crippen LogP contribution in [0.25, 0.3) is 0 Å². The van der Waals surface area contributed by atoms with Crippen molar-refractivity contribution in [2.75, 3.05) is 5.73 Å². The average Bonchev–Trinajstić information content (AvgIpc) is 2.02. The number of hydrogen-bond donors (Lipinski definition) is 2. The van der Waals surface area contributed by atoms with Crippen LogP contribution in [0.2, 0.25) is 0 Å². The normalized spacial score (nSPS) is 11.4. The first-order chi connectivity index (χ1) is 6.32. The van der Waals surface area contributed by atoms with Crippen LogP contribution >= 0.6 is 0 Å². The topological polar surface area (TPSA) is 82.0 Å². The summed E-state index contributed by atoms with van der Waals surface area (Å²) < 4.78 is 0. The maximum Gasteiger partial charge on any atom is 0.269 e. The molecular weight excluding hydrogens is 178 g/mol. The van der Waals surface area contributed by atoms with Crippen LogP contribution in [0.3, 0.4) is 0 Å². The maximum atomic E-state index is 11.0. The summed E-state index contributed by atoms with van der Waals surface area (Å²) >= 11 is 0. The lowest BCUT2D eigenvalue weighted by molar-refractivity contribution is 0.0996. The molecule has 1 rings (SSSR count). The zero-order chi connectivity index (χ0) is 10.9. The molecule has 76 valence electrons. The van der Waals surface area contributed by atoms with Gasteiger partial charge in [-0.05, 0) is 12.1 Å². The van der Waals surface area contributed by atoms with E-state index in [-0.39, 0.29) is 11.1 Å². The minimum Gasteiger partial charge on any atom is -0.397 e. The lowest BCUT2D eigenvalue weighted by atomic mass is 9.91. The average molecular weight is 193 g/mol. The van der Waals surface area contributed by atoms with E-state index in [4.69, 9.17) is 11.5 Å². The molecule has 0 atom stereocenters. The number of primary amides is 1. The maximum absolute atomic E-state index is 11.0. The molecule has 14 heavy (non-hydrogen) atoms. The van der Waals surface area contributed by atoms with E-state index in [0.717, 1.165) is 5.69 Å². The molecule has 4 nitrogen and oxygen atoms in total. The Balaban J connectivity index is 3.27. The van der Waals surface area contributed by atoms with Gasteiger partial charge in [-0.2, -0.15) is 0 Å². The number of carbonyl (C=O) groups is 1. The highest BCUT2D eigenvalue weighted by Gasteiger charge is 2.18. The van der Waals surface area contributed by atoms with Crippen molar-refractivity contribution >= 4 is 11.6 Å². The third-order valence-corrected chi connectivity index (χ3v) is 1.93. The molecule has 0 aliphatic rings. The molecular formula is C10H15N3O. The molecule has 1 aromatic rings. The third-order valence-electron chi connectivity index (χ3n) is 1.93. The van der Waals surface area contributed by atoms with Crippen molar-refractivity contribution in [1.82, 2.24) is 4.98 Å². The lowest BCUT2D eigenvalue weighted by Crippen LogP contribution is -2.20. The van der Waals surface area contributed by atoms with Crippen molar-refractivity contribution in [2.24, 2.45) is 5.73 Å². The van der Waals surface area contributed by atoms with Gasteiger partial charge in [0.15, 0.2) is 5.69 Å². The Morgan fingerprint density at radius 2 is 1.93 bits per heavy atom. The largest absolute Gasteiger partial charge is 0.397 e. The quantitative estimate of drug-likeness (QED) is 0.699. The number of nitrogen functional groups attached to an aromatic ring is 1. The van der Waals surface area contributed by atoms with Crippen LogP contribution in [0.15, 0.2) is 12.1 Å². The number of nitrogens with two attached hydrogens (primary N) is 2. The van der Waals surface area contributed by atoms with Crippen LogP contribution in [-0.4, -0.2) is 10.9 Å². The third kappa shape index (κ3) is 2.02. The molecule has 0 bridgehead atoms. The number of pyridine rings is 1. The Morgan fingerprint density at radius 1 is 1.36 bits per heavy atom. The molecule has 0 unspecified atom stereocenters. The Hall–Kier alpha value is -1.58. The van der Waals surface area contributed by atoms with Gasteiger partial charge in [-0.1, -0.05) is 20.8 Å². The highest BCUT2D eigenvalue weighted by atomic mass is 16.1. The lowest BCUT2D eigenvalue weighted by Gasteiger charge is -2.18. The van der Waals surface area contributed by atoms with E-state index in [1.54, 1.807) is 6.07 Å². The van der Waals surface area contributed by atoms with E-state index in [0.29, 0.717) is 5.69 Å². The predicted octanol–water partition coefficient (Wildman–Crippen LogP) is 1.06. The van der Waals surface area contributed by atoms with Gasteiger partial charge in [0.2, 0.25) is 0 Å². The smallest absolute Gasteiger partial charge is 0.269 e. The minimum atomic E-state index is -0.589. The fourth-order valence-electron chi connectivity index (χ4n) is 1.08. The first kappa shape index (κ1) is 10.5. The van der Waals surface area contributed by atoms with Crippen molar-refractivity contribution in [1.29, 1.82) is 0 Å². The predicted molar refractivity (Wildman–Crippen MR) is 55.9 cm³/mol. The molecule has 0 aromatic carbocycles. The molecule has 4 heteroatoms. The molecule has 1 amide bonds. The first-order valence-corrected chi connectivity index (χ1v) is 4.39. The molecule has 4 N–H and O–H groups in total. The second-order valence-corrected chi connectivity index (χ2v) is 4.25. The van der Waals surface area contributed by atoms with Crippen molar-refractivity contribution in [2.45, 2.75) is 26.2 Å². The summed E-state index contributed by atoms with van der Waals surface area (Å²) in [6.07, 6.45) is 0. The molecule has 0 saturated heterocycles. The second kappa shape index (κ2) is 3.29. The number of amides is 1. The van der Waals surface area contributed by atoms with Gasteiger partial charge in [-0.25, -0.2) is 4.98 Å². The van der Waals surface area contributed by atoms with Crippen molar-refractivity contribution in [3.63, 3.8) is 0 Å². The van der Waals surface area contributed by atoms with Gasteiger partial charge in [0.05, 0.1) is 5.69 Å². The van der Waals surface area contributed by atoms with Crippen molar-refractivity contribution in [3.05, 3.63) is 23.5 Å².